The molecule has 0 aliphatic carbocycles. The lowest BCUT2D eigenvalue weighted by Crippen LogP contribution is -2.17. The van der Waals surface area contributed by atoms with Crippen LogP contribution in [0.15, 0.2) is 77.3 Å². The minimum Gasteiger partial charge on any atom is -0.399 e. The number of benzene rings is 2. The lowest BCUT2D eigenvalue weighted by molar-refractivity contribution is 0.336. The van der Waals surface area contributed by atoms with Gasteiger partial charge in [0.1, 0.15) is 11.5 Å². The van der Waals surface area contributed by atoms with E-state index in [-0.39, 0.29) is 0 Å². The van der Waals surface area contributed by atoms with Crippen LogP contribution < -0.4 is 9.05 Å². The Morgan fingerprint density at radius 3 is 1.90 bits per heavy atom. The maximum Gasteiger partial charge on any atom is 0.566 e. The summed E-state index contributed by atoms with van der Waals surface area (Å²) in [4.78, 5) is 0. The fourth-order valence-electron chi connectivity index (χ4n) is 2.97. The van der Waals surface area contributed by atoms with E-state index in [0.717, 1.165) is 19.5 Å². The largest absolute Gasteiger partial charge is 0.566 e. The van der Waals surface area contributed by atoms with Gasteiger partial charge in [-0.2, -0.15) is 0 Å². The van der Waals surface area contributed by atoms with Crippen molar-refractivity contribution in [1.82, 2.24) is 9.34 Å². The Morgan fingerprint density at radius 2 is 1.43 bits per heavy atom. The fourth-order valence-corrected chi connectivity index (χ4v) is 8.42. The third-order valence-corrected chi connectivity index (χ3v) is 9.90. The van der Waals surface area contributed by atoms with Gasteiger partial charge < -0.3 is 13.6 Å². The predicted molar refractivity (Wildman–Crippen MR) is 122 cm³/mol. The zero-order chi connectivity index (χ0) is 21.5. The van der Waals surface area contributed by atoms with Gasteiger partial charge in [0.2, 0.25) is 7.58 Å². The van der Waals surface area contributed by atoms with Gasteiger partial charge >= 0.3 is 7.75 Å². The Hall–Kier alpha value is -1.88. The highest BCUT2D eigenvalue weighted by Gasteiger charge is 2.43. The number of nitrogens with zero attached hydrogens (tertiary/aromatic N) is 3. The third kappa shape index (κ3) is 5.63. The summed E-state index contributed by atoms with van der Waals surface area (Å²) in [7, 11) is -2.84. The van der Waals surface area contributed by atoms with Crippen LogP contribution in [0.5, 0.6) is 11.5 Å². The van der Waals surface area contributed by atoms with E-state index >= 15 is 0 Å². The van der Waals surface area contributed by atoms with Crippen molar-refractivity contribution >= 4 is 15.3 Å². The minimum atomic E-state index is -3.97. The molecule has 162 valence electrons. The smallest absolute Gasteiger partial charge is 0.399 e. The number of allylic oxidation sites excluding steroid dienone is 1. The SMILES string of the molecule is CC/C=C\COP1(=NP(=O)(Oc2ccccc2)Oc2ccccc2)N(C)CCN1C. The first-order valence-electron chi connectivity index (χ1n) is 9.93. The fraction of sp³-hybridized carbons (Fsp3) is 0.333. The highest BCUT2D eigenvalue weighted by molar-refractivity contribution is 7.67. The zero-order valence-electron chi connectivity index (χ0n) is 17.6. The zero-order valence-corrected chi connectivity index (χ0v) is 19.4. The Bertz CT molecular complexity index is 878. The molecule has 1 aliphatic rings. The van der Waals surface area contributed by atoms with Crippen LogP contribution in [0.4, 0.5) is 0 Å². The lowest BCUT2D eigenvalue weighted by Gasteiger charge is -2.31. The van der Waals surface area contributed by atoms with Gasteiger partial charge in [-0.1, -0.05) is 55.5 Å². The second kappa shape index (κ2) is 10.4. The van der Waals surface area contributed by atoms with Crippen molar-refractivity contribution in [3.05, 3.63) is 72.8 Å². The van der Waals surface area contributed by atoms with E-state index in [1.807, 2.05) is 72.0 Å². The van der Waals surface area contributed by atoms with Gasteiger partial charge in [-0.3, -0.25) is 0 Å². The standard InChI is InChI=1S/C21H29N3O4P2/c1-4-5-12-19-26-29(23(2)17-18-24(29)3)22-30(25,27-20-13-8-6-9-14-20)28-21-15-10-7-11-16-21/h5-16H,4,17-19H2,1-3H3/b12-5-. The van der Waals surface area contributed by atoms with E-state index in [9.17, 15) is 4.57 Å². The van der Waals surface area contributed by atoms with E-state index in [1.165, 1.54) is 0 Å². The summed E-state index contributed by atoms with van der Waals surface area (Å²) >= 11 is 0. The molecule has 0 unspecified atom stereocenters. The highest BCUT2D eigenvalue weighted by atomic mass is 31.2. The molecule has 1 heterocycles. The monoisotopic (exact) mass is 449 g/mol. The van der Waals surface area contributed by atoms with Crippen LogP contribution in [0.3, 0.4) is 0 Å². The molecule has 30 heavy (non-hydrogen) atoms. The summed E-state index contributed by atoms with van der Waals surface area (Å²) in [5, 5.41) is 0. The van der Waals surface area contributed by atoms with Crippen molar-refractivity contribution in [3.8, 4) is 11.5 Å². The molecule has 0 N–H and O–H groups in total. The van der Waals surface area contributed by atoms with Crippen LogP contribution in [0.1, 0.15) is 13.3 Å². The second-order valence-corrected chi connectivity index (χ2v) is 11.5. The van der Waals surface area contributed by atoms with Crippen molar-refractivity contribution in [2.24, 2.45) is 4.52 Å². The lowest BCUT2D eigenvalue weighted by atomic mass is 10.3. The Kier molecular flexibility index (Phi) is 7.93. The minimum absolute atomic E-state index is 0.371. The summed E-state index contributed by atoms with van der Waals surface area (Å²) in [6.07, 6.45) is 4.91. The number of likely N-dealkylation sites (N-methyl/N-ethyl adjacent to an activating group) is 2. The Morgan fingerprint density at radius 1 is 0.933 bits per heavy atom. The van der Waals surface area contributed by atoms with Gasteiger partial charge in [0.25, 0.3) is 0 Å². The van der Waals surface area contributed by atoms with E-state index < -0.39 is 15.3 Å². The maximum absolute atomic E-state index is 14.0. The molecular weight excluding hydrogens is 420 g/mol. The summed E-state index contributed by atoms with van der Waals surface area (Å²) in [5.41, 5.74) is 0. The summed E-state index contributed by atoms with van der Waals surface area (Å²) in [6.45, 7) is 3.94. The molecule has 0 bridgehead atoms. The first kappa shape index (κ1) is 22.8. The van der Waals surface area contributed by atoms with Crippen molar-refractivity contribution in [2.45, 2.75) is 13.3 Å². The van der Waals surface area contributed by atoms with Crippen LogP contribution in [0, 0.1) is 0 Å². The van der Waals surface area contributed by atoms with Crippen LogP contribution in [0.2, 0.25) is 0 Å². The molecule has 0 saturated carbocycles. The maximum atomic E-state index is 14.0. The summed E-state index contributed by atoms with van der Waals surface area (Å²) in [6, 6.07) is 17.9. The topological polar surface area (TPSA) is 63.6 Å². The highest BCUT2D eigenvalue weighted by Crippen LogP contribution is 2.67. The molecule has 0 amide bonds. The normalized spacial score (nSPS) is 17.3. The molecule has 7 nitrogen and oxygen atoms in total. The van der Waals surface area contributed by atoms with Gasteiger partial charge in [-0.25, -0.2) is 13.9 Å². The van der Waals surface area contributed by atoms with Crippen molar-refractivity contribution < 1.29 is 18.1 Å². The second-order valence-electron chi connectivity index (χ2n) is 6.82. The van der Waals surface area contributed by atoms with Crippen LogP contribution in [-0.2, 0) is 9.09 Å². The van der Waals surface area contributed by atoms with Gasteiger partial charge in [-0.05, 0) is 44.8 Å². The van der Waals surface area contributed by atoms with Crippen LogP contribution in [0.25, 0.3) is 0 Å². The van der Waals surface area contributed by atoms with Gasteiger partial charge in [0.05, 0.1) is 6.61 Å². The molecule has 2 aromatic rings. The third-order valence-electron chi connectivity index (χ3n) is 4.54. The average molecular weight is 449 g/mol. The van der Waals surface area contributed by atoms with Crippen molar-refractivity contribution in [2.75, 3.05) is 33.8 Å². The number of hydrogen-bond acceptors (Lipinski definition) is 4. The Labute approximate surface area is 179 Å². The molecule has 0 radical (unpaired) electrons. The predicted octanol–water partition coefficient (Wildman–Crippen LogP) is 6.06. The Balaban J connectivity index is 2.03. The van der Waals surface area contributed by atoms with E-state index in [0.29, 0.717) is 18.1 Å². The molecule has 0 aromatic heterocycles. The van der Waals surface area contributed by atoms with E-state index in [2.05, 4.69) is 6.92 Å². The van der Waals surface area contributed by atoms with Gasteiger partial charge in [0.15, 0.2) is 0 Å². The summed E-state index contributed by atoms with van der Waals surface area (Å²) < 4.78 is 40.7. The summed E-state index contributed by atoms with van der Waals surface area (Å²) in [5.74, 6) is 0.850. The molecule has 2 aromatic carbocycles. The molecule has 0 spiro atoms. The molecule has 1 aliphatic heterocycles. The van der Waals surface area contributed by atoms with Crippen molar-refractivity contribution in [1.29, 1.82) is 0 Å². The number of rotatable bonds is 9. The first-order chi connectivity index (χ1) is 14.5. The molecule has 1 saturated heterocycles. The molecule has 9 heteroatoms. The van der Waals surface area contributed by atoms with E-state index in [1.54, 1.807) is 24.3 Å². The van der Waals surface area contributed by atoms with Crippen LogP contribution in [-0.4, -0.2) is 43.1 Å². The molecule has 3 rings (SSSR count). The van der Waals surface area contributed by atoms with E-state index in [4.69, 9.17) is 18.1 Å². The molecular formula is C21H29N3O4P2. The number of para-hydroxylation sites is 2. The average Bonchev–Trinajstić information content (AvgIpc) is 3.00. The molecule has 0 atom stereocenters. The molecule has 1 fully saturated rings. The van der Waals surface area contributed by atoms with Gasteiger partial charge in [0, 0.05) is 13.1 Å². The van der Waals surface area contributed by atoms with Crippen LogP contribution >= 0.6 is 15.3 Å². The quantitative estimate of drug-likeness (QED) is 0.343. The van der Waals surface area contributed by atoms with Gasteiger partial charge in [-0.15, -0.1) is 4.52 Å². The number of hydrogen-bond donors (Lipinski definition) is 0. The first-order valence-corrected chi connectivity index (χ1v) is 13.0. The van der Waals surface area contributed by atoms with Crippen molar-refractivity contribution in [3.63, 3.8) is 0 Å².